The van der Waals surface area contributed by atoms with Crippen molar-refractivity contribution in [2.45, 2.75) is 0 Å². The highest BCUT2D eigenvalue weighted by atomic mass is 79.9. The normalized spacial score (nSPS) is 10.6. The van der Waals surface area contributed by atoms with Crippen LogP contribution in [0.25, 0.3) is 16.2 Å². The lowest BCUT2D eigenvalue weighted by Crippen LogP contribution is -1.80. The average Bonchev–Trinajstić information content (AvgIpc) is 2.86. The van der Waals surface area contributed by atoms with Crippen molar-refractivity contribution in [3.05, 3.63) is 39.9 Å². The summed E-state index contributed by atoms with van der Waals surface area (Å²) >= 11 is 4.79. The van der Waals surface area contributed by atoms with Crippen LogP contribution in [0, 0.1) is 11.3 Å². The number of fused-ring (bicyclic) bond motifs is 1. The van der Waals surface area contributed by atoms with Crippen LogP contribution in [-0.4, -0.2) is 14.6 Å². The van der Waals surface area contributed by atoms with Crippen LogP contribution in [-0.2, 0) is 0 Å². The number of rotatable bonds is 1. The number of halogens is 1. The van der Waals surface area contributed by atoms with Gasteiger partial charge in [-0.2, -0.15) is 5.26 Å². The molecule has 0 saturated carbocycles. The lowest BCUT2D eigenvalue weighted by atomic mass is 10.1. The van der Waals surface area contributed by atoms with Gasteiger partial charge in [-0.3, -0.25) is 0 Å². The smallest absolute Gasteiger partial charge is 0.213 e. The van der Waals surface area contributed by atoms with Gasteiger partial charge in [0, 0.05) is 5.56 Å². The molecule has 0 spiro atoms. The molecule has 0 aliphatic rings. The summed E-state index contributed by atoms with van der Waals surface area (Å²) in [6.07, 6.45) is 1.87. The second-order valence-corrected chi connectivity index (χ2v) is 5.63. The highest BCUT2D eigenvalue weighted by Crippen LogP contribution is 2.24. The van der Waals surface area contributed by atoms with Gasteiger partial charge in [0.2, 0.25) is 4.96 Å². The minimum absolute atomic E-state index is 0.649. The Bertz CT molecular complexity index is 689. The Kier molecular flexibility index (Phi) is 2.42. The summed E-state index contributed by atoms with van der Waals surface area (Å²) < 4.78 is 2.55. The fraction of sp³-hybridized carbons (Fsp3) is 0. The van der Waals surface area contributed by atoms with Gasteiger partial charge in [0.1, 0.15) is 0 Å². The van der Waals surface area contributed by atoms with Crippen molar-refractivity contribution in [2.24, 2.45) is 0 Å². The number of nitriles is 1. The van der Waals surface area contributed by atoms with E-state index in [0.717, 1.165) is 20.1 Å². The third-order valence-corrected chi connectivity index (χ3v) is 3.68. The second kappa shape index (κ2) is 3.95. The Balaban J connectivity index is 2.07. The first-order valence-electron chi connectivity index (χ1n) is 4.78. The molecule has 0 saturated heterocycles. The van der Waals surface area contributed by atoms with E-state index in [2.05, 4.69) is 32.1 Å². The van der Waals surface area contributed by atoms with Crippen molar-refractivity contribution < 1.29 is 0 Å². The van der Waals surface area contributed by atoms with Crippen molar-refractivity contribution in [2.75, 3.05) is 0 Å². The van der Waals surface area contributed by atoms with E-state index in [4.69, 9.17) is 5.26 Å². The monoisotopic (exact) mass is 304 g/mol. The fourth-order valence-corrected chi connectivity index (χ4v) is 2.75. The van der Waals surface area contributed by atoms with Crippen LogP contribution in [0.1, 0.15) is 5.56 Å². The molecule has 0 N–H and O–H groups in total. The van der Waals surface area contributed by atoms with Crippen molar-refractivity contribution in [1.82, 2.24) is 14.6 Å². The van der Waals surface area contributed by atoms with Gasteiger partial charge in [-0.25, -0.2) is 9.50 Å². The lowest BCUT2D eigenvalue weighted by Gasteiger charge is -1.94. The Morgan fingerprint density at radius 1 is 1.29 bits per heavy atom. The first-order valence-corrected chi connectivity index (χ1v) is 6.39. The van der Waals surface area contributed by atoms with E-state index in [1.54, 1.807) is 16.6 Å². The van der Waals surface area contributed by atoms with Crippen LogP contribution in [0.5, 0.6) is 0 Å². The van der Waals surface area contributed by atoms with Gasteiger partial charge in [0.15, 0.2) is 3.92 Å². The molecule has 0 radical (unpaired) electrons. The summed E-state index contributed by atoms with van der Waals surface area (Å²) in [4.78, 5) is 5.31. The summed E-state index contributed by atoms with van der Waals surface area (Å²) in [6, 6.07) is 9.44. The molecule has 17 heavy (non-hydrogen) atoms. The molecule has 0 amide bonds. The maximum Gasteiger partial charge on any atom is 0.213 e. The summed E-state index contributed by atoms with van der Waals surface area (Å²) in [7, 11) is 0. The van der Waals surface area contributed by atoms with E-state index < -0.39 is 0 Å². The Labute approximate surface area is 109 Å². The predicted molar refractivity (Wildman–Crippen MR) is 68.7 cm³/mol. The number of hydrogen-bond acceptors (Lipinski definition) is 4. The van der Waals surface area contributed by atoms with Gasteiger partial charge in [-0.15, -0.1) is 5.10 Å². The van der Waals surface area contributed by atoms with Gasteiger partial charge < -0.3 is 0 Å². The molecule has 0 fully saturated rings. The van der Waals surface area contributed by atoms with E-state index in [1.165, 1.54) is 11.3 Å². The van der Waals surface area contributed by atoms with Crippen LogP contribution in [0.4, 0.5) is 0 Å². The van der Waals surface area contributed by atoms with E-state index >= 15 is 0 Å². The molecule has 0 aliphatic carbocycles. The standard InChI is InChI=1S/C11H5BrN4S/c12-10-15-16-6-9(14-11(16)17-10)8-3-1-7(5-13)2-4-8/h1-4,6H. The number of benzene rings is 1. The van der Waals surface area contributed by atoms with E-state index in [-0.39, 0.29) is 0 Å². The fourth-order valence-electron chi connectivity index (χ4n) is 1.53. The van der Waals surface area contributed by atoms with E-state index in [9.17, 15) is 0 Å². The molecular weight excluding hydrogens is 300 g/mol. The highest BCUT2D eigenvalue weighted by Gasteiger charge is 2.08. The van der Waals surface area contributed by atoms with Crippen molar-refractivity contribution in [3.63, 3.8) is 0 Å². The number of aromatic nitrogens is 3. The zero-order valence-electron chi connectivity index (χ0n) is 8.46. The molecule has 1 aromatic carbocycles. The minimum atomic E-state index is 0.649. The summed E-state index contributed by atoms with van der Waals surface area (Å²) in [5.41, 5.74) is 2.49. The first kappa shape index (κ1) is 10.4. The zero-order valence-corrected chi connectivity index (χ0v) is 10.9. The topological polar surface area (TPSA) is 54.0 Å². The Morgan fingerprint density at radius 3 is 2.71 bits per heavy atom. The van der Waals surface area contributed by atoms with Gasteiger partial charge in [-0.1, -0.05) is 23.5 Å². The quantitative estimate of drug-likeness (QED) is 0.694. The molecule has 3 aromatic rings. The SMILES string of the molecule is N#Cc1ccc(-c2cn3nc(Br)sc3n2)cc1. The van der Waals surface area contributed by atoms with E-state index in [0.29, 0.717) is 5.56 Å². The van der Waals surface area contributed by atoms with Crippen molar-refractivity contribution >= 4 is 32.2 Å². The highest BCUT2D eigenvalue weighted by molar-refractivity contribution is 9.11. The van der Waals surface area contributed by atoms with Gasteiger partial charge in [-0.05, 0) is 28.1 Å². The van der Waals surface area contributed by atoms with Crippen LogP contribution >= 0.6 is 27.3 Å². The first-order chi connectivity index (χ1) is 8.26. The molecule has 0 unspecified atom stereocenters. The van der Waals surface area contributed by atoms with Gasteiger partial charge in [0.05, 0.1) is 23.5 Å². The molecule has 0 atom stereocenters. The maximum absolute atomic E-state index is 8.73. The molecule has 2 heterocycles. The second-order valence-electron chi connectivity index (χ2n) is 3.40. The number of imidazole rings is 1. The molecule has 4 nitrogen and oxygen atoms in total. The van der Waals surface area contributed by atoms with Crippen molar-refractivity contribution in [1.29, 1.82) is 5.26 Å². The third-order valence-electron chi connectivity index (χ3n) is 2.33. The maximum atomic E-state index is 8.73. The van der Waals surface area contributed by atoms with Crippen LogP contribution < -0.4 is 0 Å². The molecular formula is C11H5BrN4S. The van der Waals surface area contributed by atoms with Crippen molar-refractivity contribution in [3.8, 4) is 17.3 Å². The zero-order chi connectivity index (χ0) is 11.8. The summed E-state index contributed by atoms with van der Waals surface area (Å²) in [5, 5.41) is 13.0. The number of nitrogens with zero attached hydrogens (tertiary/aromatic N) is 4. The van der Waals surface area contributed by atoms with E-state index in [1.807, 2.05) is 18.3 Å². The largest absolute Gasteiger partial charge is 0.217 e. The molecule has 0 aliphatic heterocycles. The van der Waals surface area contributed by atoms with Gasteiger partial charge in [0.25, 0.3) is 0 Å². The molecule has 6 heteroatoms. The molecule has 3 rings (SSSR count). The average molecular weight is 305 g/mol. The Morgan fingerprint density at radius 2 is 2.06 bits per heavy atom. The molecule has 82 valence electrons. The predicted octanol–water partition coefficient (Wildman–Crippen LogP) is 3.09. The Hall–Kier alpha value is -1.71. The number of hydrogen-bond donors (Lipinski definition) is 0. The summed E-state index contributed by atoms with van der Waals surface area (Å²) in [6.45, 7) is 0. The van der Waals surface area contributed by atoms with Crippen LogP contribution in [0.15, 0.2) is 34.4 Å². The van der Waals surface area contributed by atoms with Crippen LogP contribution in [0.2, 0.25) is 0 Å². The molecule has 2 aromatic heterocycles. The third kappa shape index (κ3) is 1.84. The molecule has 0 bridgehead atoms. The summed E-state index contributed by atoms with van der Waals surface area (Å²) in [5.74, 6) is 0. The lowest BCUT2D eigenvalue weighted by molar-refractivity contribution is 0.959. The minimum Gasteiger partial charge on any atom is -0.217 e. The van der Waals surface area contributed by atoms with Crippen LogP contribution in [0.3, 0.4) is 0 Å². The van der Waals surface area contributed by atoms with Gasteiger partial charge >= 0.3 is 0 Å².